The normalized spacial score (nSPS) is 15.5. The molecule has 0 fully saturated rings. The molecule has 0 aliphatic heterocycles. The number of nitrogens with zero attached hydrogens (tertiary/aromatic N) is 3. The fourth-order valence-electron chi connectivity index (χ4n) is 3.63. The minimum atomic E-state index is -0.560. The third-order valence-corrected chi connectivity index (χ3v) is 7.66. The van der Waals surface area contributed by atoms with Crippen molar-refractivity contribution >= 4 is 35.0 Å². The Kier molecular flexibility index (Phi) is 6.77. The molecule has 2 N–H and O–H groups in total. The van der Waals surface area contributed by atoms with E-state index < -0.39 is 11.9 Å². The highest BCUT2D eigenvalue weighted by molar-refractivity contribution is 7.99. The maximum atomic E-state index is 12.1. The van der Waals surface area contributed by atoms with Crippen LogP contribution in [-0.4, -0.2) is 32.5 Å². The van der Waals surface area contributed by atoms with Gasteiger partial charge in [-0.3, -0.25) is 10.1 Å². The Morgan fingerprint density at radius 3 is 3.03 bits per heavy atom. The molecule has 4 rings (SSSR count). The Morgan fingerprint density at radius 2 is 2.26 bits per heavy atom. The van der Waals surface area contributed by atoms with E-state index in [1.54, 1.807) is 23.5 Å². The predicted molar refractivity (Wildman–Crippen MR) is 120 cm³/mol. The fraction of sp³-hybridized carbons (Fsp3) is 0.429. The Morgan fingerprint density at radius 1 is 1.39 bits per heavy atom. The number of aryl methyl sites for hydroxylation is 1. The van der Waals surface area contributed by atoms with Crippen molar-refractivity contribution in [3.63, 3.8) is 0 Å². The van der Waals surface area contributed by atoms with Crippen molar-refractivity contribution in [2.24, 2.45) is 13.0 Å². The van der Waals surface area contributed by atoms with Gasteiger partial charge in [0.05, 0.1) is 23.4 Å². The minimum Gasteiger partial charge on any atom is -0.467 e. The molecule has 1 aliphatic carbocycles. The fourth-order valence-corrected chi connectivity index (χ4v) is 5.57. The van der Waals surface area contributed by atoms with Crippen molar-refractivity contribution in [1.29, 1.82) is 0 Å². The summed E-state index contributed by atoms with van der Waals surface area (Å²) in [5.41, 5.74) is 1.44. The van der Waals surface area contributed by atoms with E-state index in [2.05, 4.69) is 33.8 Å². The SMILES string of the molecule is CCC1CCc2sc(-c3nnc(SCC(=O)NC(=O)NCc4ccco4)n3C)cc2C1. The number of urea groups is 1. The summed E-state index contributed by atoms with van der Waals surface area (Å²) in [5, 5.41) is 14.1. The summed E-state index contributed by atoms with van der Waals surface area (Å²) in [5.74, 6) is 1.87. The number of thiophene rings is 1. The highest BCUT2D eigenvalue weighted by Gasteiger charge is 2.22. The van der Waals surface area contributed by atoms with Crippen LogP contribution in [0.15, 0.2) is 34.0 Å². The molecule has 0 spiro atoms. The zero-order chi connectivity index (χ0) is 21.8. The third-order valence-electron chi connectivity index (χ3n) is 5.41. The summed E-state index contributed by atoms with van der Waals surface area (Å²) in [7, 11) is 1.90. The second-order valence-electron chi connectivity index (χ2n) is 7.54. The molecule has 3 heterocycles. The molecular weight excluding hydrogens is 434 g/mol. The Balaban J connectivity index is 1.31. The lowest BCUT2D eigenvalue weighted by Gasteiger charge is -2.19. The number of fused-ring (bicyclic) bond motifs is 1. The van der Waals surface area contributed by atoms with Gasteiger partial charge in [-0.1, -0.05) is 25.1 Å². The van der Waals surface area contributed by atoms with E-state index >= 15 is 0 Å². The Hall–Kier alpha value is -2.59. The third kappa shape index (κ3) is 5.19. The van der Waals surface area contributed by atoms with Crippen LogP contribution in [0.1, 0.15) is 36.0 Å². The number of carbonyl (C=O) groups is 2. The first-order valence-electron chi connectivity index (χ1n) is 10.3. The van der Waals surface area contributed by atoms with Gasteiger partial charge in [-0.15, -0.1) is 21.5 Å². The molecule has 31 heavy (non-hydrogen) atoms. The van der Waals surface area contributed by atoms with Gasteiger partial charge in [-0.2, -0.15) is 0 Å². The van der Waals surface area contributed by atoms with Crippen LogP contribution in [0.2, 0.25) is 0 Å². The molecule has 1 aliphatic rings. The number of rotatable bonds is 7. The molecule has 3 amide bonds. The van der Waals surface area contributed by atoms with Crippen LogP contribution in [0.25, 0.3) is 10.7 Å². The quantitative estimate of drug-likeness (QED) is 0.522. The number of imide groups is 1. The van der Waals surface area contributed by atoms with E-state index in [1.165, 1.54) is 41.3 Å². The largest absolute Gasteiger partial charge is 0.467 e. The van der Waals surface area contributed by atoms with Crippen LogP contribution in [0.3, 0.4) is 0 Å². The first-order valence-corrected chi connectivity index (χ1v) is 12.1. The predicted octanol–water partition coefficient (Wildman–Crippen LogP) is 3.77. The first kappa shape index (κ1) is 21.6. The van der Waals surface area contributed by atoms with Gasteiger partial charge in [0.15, 0.2) is 11.0 Å². The van der Waals surface area contributed by atoms with Crippen molar-refractivity contribution in [1.82, 2.24) is 25.4 Å². The van der Waals surface area contributed by atoms with E-state index in [9.17, 15) is 9.59 Å². The lowest BCUT2D eigenvalue weighted by molar-refractivity contribution is -0.117. The molecule has 0 saturated heterocycles. The Bertz CT molecular complexity index is 1060. The second-order valence-corrected chi connectivity index (χ2v) is 9.62. The average molecular weight is 460 g/mol. The molecule has 1 atom stereocenters. The van der Waals surface area contributed by atoms with Gasteiger partial charge in [0, 0.05) is 11.9 Å². The van der Waals surface area contributed by atoms with Crippen molar-refractivity contribution in [2.45, 2.75) is 44.3 Å². The van der Waals surface area contributed by atoms with Gasteiger partial charge >= 0.3 is 6.03 Å². The maximum Gasteiger partial charge on any atom is 0.321 e. The number of hydrogen-bond donors (Lipinski definition) is 2. The maximum absolute atomic E-state index is 12.1. The molecule has 0 bridgehead atoms. The number of aromatic nitrogens is 3. The monoisotopic (exact) mass is 459 g/mol. The second kappa shape index (κ2) is 9.69. The molecule has 0 saturated carbocycles. The van der Waals surface area contributed by atoms with E-state index in [4.69, 9.17) is 4.42 Å². The van der Waals surface area contributed by atoms with Gasteiger partial charge in [0.25, 0.3) is 0 Å². The number of carbonyl (C=O) groups excluding carboxylic acids is 2. The molecule has 3 aromatic rings. The number of nitrogens with one attached hydrogen (secondary N) is 2. The molecule has 10 heteroatoms. The zero-order valence-corrected chi connectivity index (χ0v) is 19.1. The minimum absolute atomic E-state index is 0.0687. The smallest absolute Gasteiger partial charge is 0.321 e. The van der Waals surface area contributed by atoms with Crippen molar-refractivity contribution in [3.05, 3.63) is 40.7 Å². The highest BCUT2D eigenvalue weighted by Crippen LogP contribution is 2.37. The number of furan rings is 1. The van der Waals surface area contributed by atoms with E-state index in [0.29, 0.717) is 10.9 Å². The van der Waals surface area contributed by atoms with Crippen LogP contribution in [0.4, 0.5) is 4.79 Å². The van der Waals surface area contributed by atoms with Gasteiger partial charge in [0.2, 0.25) is 5.91 Å². The van der Waals surface area contributed by atoms with Gasteiger partial charge in [-0.25, -0.2) is 4.79 Å². The van der Waals surface area contributed by atoms with E-state index in [1.807, 2.05) is 11.6 Å². The standard InChI is InChI=1S/C21H25N5O3S2/c1-3-13-6-7-16-14(9-13)10-17(31-16)19-24-25-21(26(19)2)30-12-18(27)23-20(28)22-11-15-5-4-8-29-15/h4-5,8,10,13H,3,6-7,9,11-12H2,1-2H3,(H2,22,23,27,28). The number of thioether (sulfide) groups is 1. The molecule has 8 nitrogen and oxygen atoms in total. The summed E-state index contributed by atoms with van der Waals surface area (Å²) in [6.45, 7) is 2.48. The summed E-state index contributed by atoms with van der Waals surface area (Å²) in [4.78, 5) is 26.5. The lowest BCUT2D eigenvalue weighted by Crippen LogP contribution is -2.39. The molecule has 0 aromatic carbocycles. The van der Waals surface area contributed by atoms with Crippen molar-refractivity contribution in [3.8, 4) is 10.7 Å². The van der Waals surface area contributed by atoms with Crippen LogP contribution in [0, 0.1) is 5.92 Å². The molecule has 0 radical (unpaired) electrons. The summed E-state index contributed by atoms with van der Waals surface area (Å²) in [6.07, 6.45) is 6.29. The van der Waals surface area contributed by atoms with Gasteiger partial charge < -0.3 is 14.3 Å². The van der Waals surface area contributed by atoms with Crippen molar-refractivity contribution < 1.29 is 14.0 Å². The number of hydrogen-bond acceptors (Lipinski definition) is 7. The topological polar surface area (TPSA) is 102 Å². The van der Waals surface area contributed by atoms with E-state index in [-0.39, 0.29) is 12.3 Å². The van der Waals surface area contributed by atoms with Crippen molar-refractivity contribution in [2.75, 3.05) is 5.75 Å². The van der Waals surface area contributed by atoms with Crippen LogP contribution < -0.4 is 10.6 Å². The summed E-state index contributed by atoms with van der Waals surface area (Å²) < 4.78 is 7.04. The van der Waals surface area contributed by atoms with Gasteiger partial charge in [-0.05, 0) is 48.9 Å². The summed E-state index contributed by atoms with van der Waals surface area (Å²) in [6, 6.07) is 5.17. The Labute approximate surface area is 188 Å². The van der Waals surface area contributed by atoms with E-state index in [0.717, 1.165) is 29.5 Å². The van der Waals surface area contributed by atoms with Crippen LogP contribution in [-0.2, 0) is 31.2 Å². The highest BCUT2D eigenvalue weighted by atomic mass is 32.2. The summed E-state index contributed by atoms with van der Waals surface area (Å²) >= 11 is 3.04. The molecule has 164 valence electrons. The zero-order valence-electron chi connectivity index (χ0n) is 17.5. The lowest BCUT2D eigenvalue weighted by atomic mass is 9.87. The molecular formula is C21H25N5O3S2. The molecule has 3 aromatic heterocycles. The van der Waals surface area contributed by atoms with Gasteiger partial charge in [0.1, 0.15) is 5.76 Å². The number of amides is 3. The van der Waals surface area contributed by atoms with Crippen LogP contribution >= 0.6 is 23.1 Å². The van der Waals surface area contributed by atoms with Crippen LogP contribution in [0.5, 0.6) is 0 Å². The average Bonchev–Trinajstić information content (AvgIpc) is 3.50. The first-order chi connectivity index (χ1) is 15.0. The molecule has 1 unspecified atom stereocenters.